The molecule has 0 radical (unpaired) electrons. The predicted octanol–water partition coefficient (Wildman–Crippen LogP) is 2.69. The Morgan fingerprint density at radius 2 is 1.89 bits per heavy atom. The maximum atomic E-state index is 11.3. The van der Waals surface area contributed by atoms with Gasteiger partial charge < -0.3 is 24.3 Å². The predicted molar refractivity (Wildman–Crippen MR) is 105 cm³/mol. The van der Waals surface area contributed by atoms with Crippen LogP contribution in [0.25, 0.3) is 21.9 Å². The summed E-state index contributed by atoms with van der Waals surface area (Å²) in [5, 5.41) is 9.00. The Hall–Kier alpha value is -3.16. The van der Waals surface area contributed by atoms with E-state index in [1.165, 1.54) is 6.07 Å². The molecule has 0 spiro atoms. The third kappa shape index (κ3) is 4.76. The van der Waals surface area contributed by atoms with Gasteiger partial charge in [-0.3, -0.25) is 9.59 Å². The molecule has 1 aromatic heterocycles. The molecular weight excluding hydrogens is 362 g/mol. The number of nitrogens with one attached hydrogen (secondary N) is 1. The molecule has 0 bridgehead atoms. The summed E-state index contributed by atoms with van der Waals surface area (Å²) >= 11 is 0. The molecule has 28 heavy (non-hydrogen) atoms. The number of carboxylic acid groups (broad SMARTS) is 1. The highest BCUT2D eigenvalue weighted by Crippen LogP contribution is 2.34. The first kappa shape index (κ1) is 19.6. The monoisotopic (exact) mass is 383 g/mol. The van der Waals surface area contributed by atoms with Crippen LogP contribution in [0.1, 0.15) is 0 Å². The van der Waals surface area contributed by atoms with Crippen molar-refractivity contribution in [3.05, 3.63) is 65.1 Å². The van der Waals surface area contributed by atoms with E-state index in [0.717, 1.165) is 27.6 Å². The normalized spacial score (nSPS) is 16.1. The molecule has 1 fully saturated rings. The van der Waals surface area contributed by atoms with E-state index in [1.54, 1.807) is 6.20 Å². The zero-order valence-corrected chi connectivity index (χ0v) is 15.2. The second kappa shape index (κ2) is 9.68. The summed E-state index contributed by atoms with van der Waals surface area (Å²) in [7, 11) is 0. The average molecular weight is 383 g/mol. The lowest BCUT2D eigenvalue weighted by atomic mass is 9.99. The molecular formula is C21H21NO6. The van der Waals surface area contributed by atoms with Gasteiger partial charge in [-0.05, 0) is 34.7 Å². The Labute approximate surface area is 161 Å². The number of hydrogen-bond acceptors (Lipinski definition) is 5. The van der Waals surface area contributed by atoms with Crippen LogP contribution in [0, 0.1) is 0 Å². The number of H-pyrrole nitrogens is 1. The van der Waals surface area contributed by atoms with E-state index in [9.17, 15) is 4.79 Å². The van der Waals surface area contributed by atoms with Crippen molar-refractivity contribution in [1.82, 2.24) is 4.98 Å². The number of aromatic amines is 1. The summed E-state index contributed by atoms with van der Waals surface area (Å²) in [6.45, 7) is 2.03. The molecule has 0 aliphatic carbocycles. The van der Waals surface area contributed by atoms with E-state index < -0.39 is 0 Å². The minimum atomic E-state index is -0.250. The van der Waals surface area contributed by atoms with Crippen molar-refractivity contribution in [2.75, 3.05) is 26.4 Å². The zero-order valence-electron chi connectivity index (χ0n) is 15.2. The van der Waals surface area contributed by atoms with Gasteiger partial charge in [0.15, 0.2) is 0 Å². The number of aromatic nitrogens is 1. The fourth-order valence-electron chi connectivity index (χ4n) is 3.04. The first-order valence-electron chi connectivity index (χ1n) is 8.84. The first-order valence-corrected chi connectivity index (χ1v) is 8.84. The van der Waals surface area contributed by atoms with Gasteiger partial charge in [-0.2, -0.15) is 0 Å². The topological polar surface area (TPSA) is 97.8 Å². The third-order valence-electron chi connectivity index (χ3n) is 4.29. The summed E-state index contributed by atoms with van der Waals surface area (Å²) in [6, 6.07) is 15.4. The summed E-state index contributed by atoms with van der Waals surface area (Å²) in [5.74, 6) is 0.818. The lowest BCUT2D eigenvalue weighted by Gasteiger charge is -2.23. The third-order valence-corrected chi connectivity index (χ3v) is 4.29. The Balaban J connectivity index is 0.000000706. The summed E-state index contributed by atoms with van der Waals surface area (Å²) in [4.78, 5) is 22.4. The SMILES string of the molecule is O=CO.O=c1ccc(-c2ccc(OCC3COCCO3)c3ccccc23)c[nH]1. The Morgan fingerprint density at radius 1 is 1.11 bits per heavy atom. The number of fused-ring (bicyclic) bond motifs is 1. The maximum absolute atomic E-state index is 11.3. The van der Waals surface area contributed by atoms with Crippen LogP contribution in [-0.4, -0.2) is 49.1 Å². The molecule has 7 nitrogen and oxygen atoms in total. The average Bonchev–Trinajstić information content (AvgIpc) is 2.74. The van der Waals surface area contributed by atoms with Gasteiger partial charge in [-0.1, -0.05) is 24.3 Å². The number of pyridine rings is 1. The van der Waals surface area contributed by atoms with E-state index in [-0.39, 0.29) is 18.1 Å². The van der Waals surface area contributed by atoms with E-state index in [4.69, 9.17) is 24.1 Å². The quantitative estimate of drug-likeness (QED) is 0.672. The molecule has 0 saturated carbocycles. The number of carbonyl (C=O) groups is 1. The minimum absolute atomic E-state index is 0.0358. The van der Waals surface area contributed by atoms with Crippen LogP contribution in [0.2, 0.25) is 0 Å². The molecule has 7 heteroatoms. The van der Waals surface area contributed by atoms with Crippen molar-refractivity contribution >= 4 is 17.2 Å². The van der Waals surface area contributed by atoms with Crippen molar-refractivity contribution in [2.45, 2.75) is 6.10 Å². The summed E-state index contributed by atoms with van der Waals surface area (Å²) in [6.07, 6.45) is 1.70. The zero-order chi connectivity index (χ0) is 19.8. The molecule has 0 amide bonds. The summed E-state index contributed by atoms with van der Waals surface area (Å²) in [5.41, 5.74) is 1.91. The van der Waals surface area contributed by atoms with E-state index in [0.29, 0.717) is 26.4 Å². The molecule has 1 saturated heterocycles. The Morgan fingerprint density at radius 3 is 2.57 bits per heavy atom. The molecule has 2 aromatic carbocycles. The van der Waals surface area contributed by atoms with Crippen molar-refractivity contribution in [2.24, 2.45) is 0 Å². The highest BCUT2D eigenvalue weighted by molar-refractivity contribution is 5.99. The smallest absolute Gasteiger partial charge is 0.290 e. The van der Waals surface area contributed by atoms with Gasteiger partial charge in [0.25, 0.3) is 6.47 Å². The molecule has 2 heterocycles. The van der Waals surface area contributed by atoms with E-state index in [2.05, 4.69) is 11.1 Å². The van der Waals surface area contributed by atoms with Crippen molar-refractivity contribution < 1.29 is 24.1 Å². The molecule has 1 aliphatic heterocycles. The van der Waals surface area contributed by atoms with Gasteiger partial charge >= 0.3 is 0 Å². The molecule has 4 rings (SSSR count). The number of hydrogen-bond donors (Lipinski definition) is 2. The molecule has 1 atom stereocenters. The second-order valence-electron chi connectivity index (χ2n) is 6.08. The van der Waals surface area contributed by atoms with Crippen LogP contribution in [0.15, 0.2) is 59.5 Å². The Bertz CT molecular complexity index is 958. The lowest BCUT2D eigenvalue weighted by molar-refractivity contribution is -0.122. The second-order valence-corrected chi connectivity index (χ2v) is 6.08. The Kier molecular flexibility index (Phi) is 6.78. The molecule has 146 valence electrons. The van der Waals surface area contributed by atoms with Gasteiger partial charge in [-0.25, -0.2) is 0 Å². The van der Waals surface area contributed by atoms with Crippen LogP contribution in [-0.2, 0) is 14.3 Å². The van der Waals surface area contributed by atoms with Crippen LogP contribution >= 0.6 is 0 Å². The highest BCUT2D eigenvalue weighted by Gasteiger charge is 2.16. The first-order chi connectivity index (χ1) is 13.7. The van der Waals surface area contributed by atoms with Crippen molar-refractivity contribution in [3.8, 4) is 16.9 Å². The fraction of sp³-hybridized carbons (Fsp3) is 0.238. The van der Waals surface area contributed by atoms with Crippen molar-refractivity contribution in [3.63, 3.8) is 0 Å². The molecule has 3 aromatic rings. The summed E-state index contributed by atoms with van der Waals surface area (Å²) < 4.78 is 17.0. The number of benzene rings is 2. The maximum Gasteiger partial charge on any atom is 0.290 e. The van der Waals surface area contributed by atoms with Gasteiger partial charge in [0.05, 0.1) is 19.8 Å². The van der Waals surface area contributed by atoms with E-state index >= 15 is 0 Å². The molecule has 1 unspecified atom stereocenters. The minimum Gasteiger partial charge on any atom is -0.490 e. The van der Waals surface area contributed by atoms with Crippen LogP contribution in [0.5, 0.6) is 5.75 Å². The van der Waals surface area contributed by atoms with Gasteiger partial charge in [-0.15, -0.1) is 0 Å². The standard InChI is InChI=1S/C20H19NO4.CH2O2/c22-20-8-5-14(11-21-20)16-6-7-19(18-4-2-1-3-17(16)18)25-13-15-12-23-9-10-24-15;2-1-3/h1-8,11,15H,9-10,12-13H2,(H,21,22);1H,(H,2,3). The van der Waals surface area contributed by atoms with Crippen LogP contribution in [0.3, 0.4) is 0 Å². The number of ether oxygens (including phenoxy) is 3. The van der Waals surface area contributed by atoms with Crippen LogP contribution in [0.4, 0.5) is 0 Å². The fourth-order valence-corrected chi connectivity index (χ4v) is 3.04. The molecule has 1 aliphatic rings. The molecule has 2 N–H and O–H groups in total. The number of rotatable bonds is 4. The van der Waals surface area contributed by atoms with Crippen LogP contribution < -0.4 is 10.3 Å². The van der Waals surface area contributed by atoms with Gasteiger partial charge in [0, 0.05) is 17.6 Å². The van der Waals surface area contributed by atoms with E-state index in [1.807, 2.05) is 36.4 Å². The van der Waals surface area contributed by atoms with Gasteiger partial charge in [0.2, 0.25) is 5.56 Å². The largest absolute Gasteiger partial charge is 0.490 e. The lowest BCUT2D eigenvalue weighted by Crippen LogP contribution is -2.33. The van der Waals surface area contributed by atoms with Crippen molar-refractivity contribution in [1.29, 1.82) is 0 Å². The highest BCUT2D eigenvalue weighted by atomic mass is 16.6. The van der Waals surface area contributed by atoms with Gasteiger partial charge in [0.1, 0.15) is 18.5 Å².